The van der Waals surface area contributed by atoms with Crippen molar-refractivity contribution < 1.29 is 0 Å². The van der Waals surface area contributed by atoms with Crippen LogP contribution < -0.4 is 5.32 Å². The normalized spacial score (nSPS) is 27.6. The Kier molecular flexibility index (Phi) is 4.27. The van der Waals surface area contributed by atoms with Crippen molar-refractivity contribution in [1.29, 1.82) is 0 Å². The lowest BCUT2D eigenvalue weighted by Gasteiger charge is -2.18. The average molecular weight is 180 g/mol. The lowest BCUT2D eigenvalue weighted by Crippen LogP contribution is -2.36. The molecule has 2 heteroatoms. The van der Waals surface area contributed by atoms with Crippen molar-refractivity contribution in [3.05, 3.63) is 0 Å². The van der Waals surface area contributed by atoms with E-state index in [1.54, 1.807) is 0 Å². The molecular formula is C11H20N2. The van der Waals surface area contributed by atoms with Crippen LogP contribution in [0.3, 0.4) is 0 Å². The van der Waals surface area contributed by atoms with Crippen LogP contribution in [0, 0.1) is 12.3 Å². The fourth-order valence-corrected chi connectivity index (χ4v) is 1.81. The summed E-state index contributed by atoms with van der Waals surface area (Å²) in [6.45, 7) is 4.46. The minimum absolute atomic E-state index is 0.216. The summed E-state index contributed by atoms with van der Waals surface area (Å²) in [5.41, 5.74) is 0. The highest BCUT2D eigenvalue weighted by atomic mass is 15.1. The first-order valence-electron chi connectivity index (χ1n) is 5.13. The quantitative estimate of drug-likeness (QED) is 0.640. The van der Waals surface area contributed by atoms with Gasteiger partial charge in [0, 0.05) is 6.04 Å². The van der Waals surface area contributed by atoms with Crippen LogP contribution in [0.25, 0.3) is 0 Å². The fourth-order valence-electron chi connectivity index (χ4n) is 1.81. The molecule has 2 atom stereocenters. The second-order valence-electron chi connectivity index (χ2n) is 3.99. The Morgan fingerprint density at radius 2 is 2.23 bits per heavy atom. The van der Waals surface area contributed by atoms with Crippen LogP contribution in [-0.4, -0.2) is 37.1 Å². The van der Waals surface area contributed by atoms with Gasteiger partial charge in [-0.3, -0.25) is 0 Å². The minimum Gasteiger partial charge on any atom is -0.306 e. The molecule has 74 valence electrons. The summed E-state index contributed by atoms with van der Waals surface area (Å²) in [4.78, 5) is 2.39. The minimum atomic E-state index is 0.216. The van der Waals surface area contributed by atoms with E-state index in [1.807, 2.05) is 0 Å². The molecule has 1 rings (SSSR count). The highest BCUT2D eigenvalue weighted by Gasteiger charge is 2.15. The number of terminal acetylenes is 1. The third-order valence-electron chi connectivity index (χ3n) is 2.69. The molecule has 1 aliphatic heterocycles. The Balaban J connectivity index is 2.30. The van der Waals surface area contributed by atoms with Crippen LogP contribution in [0.1, 0.15) is 26.2 Å². The zero-order valence-corrected chi connectivity index (χ0v) is 8.71. The second kappa shape index (κ2) is 5.26. The predicted molar refractivity (Wildman–Crippen MR) is 56.6 cm³/mol. The summed E-state index contributed by atoms with van der Waals surface area (Å²) >= 11 is 0. The van der Waals surface area contributed by atoms with E-state index in [9.17, 15) is 0 Å². The first kappa shape index (κ1) is 10.6. The third kappa shape index (κ3) is 3.80. The lowest BCUT2D eigenvalue weighted by molar-refractivity contribution is 0.342. The predicted octanol–water partition coefficient (Wildman–Crippen LogP) is 1.08. The van der Waals surface area contributed by atoms with Gasteiger partial charge < -0.3 is 10.2 Å². The van der Waals surface area contributed by atoms with Gasteiger partial charge in [-0.25, -0.2) is 0 Å². The van der Waals surface area contributed by atoms with Crippen molar-refractivity contribution in [3.8, 4) is 12.3 Å². The number of nitrogens with zero attached hydrogens (tertiary/aromatic N) is 1. The molecular weight excluding hydrogens is 160 g/mol. The zero-order valence-electron chi connectivity index (χ0n) is 8.71. The molecule has 0 aromatic carbocycles. The van der Waals surface area contributed by atoms with Gasteiger partial charge in [0.15, 0.2) is 0 Å². The van der Waals surface area contributed by atoms with E-state index in [0.717, 1.165) is 0 Å². The molecule has 0 amide bonds. The molecule has 2 nitrogen and oxygen atoms in total. The topological polar surface area (TPSA) is 15.3 Å². The smallest absolute Gasteiger partial charge is 0.0660 e. The summed E-state index contributed by atoms with van der Waals surface area (Å²) < 4.78 is 0. The van der Waals surface area contributed by atoms with Crippen LogP contribution in [0.5, 0.6) is 0 Å². The molecule has 1 heterocycles. The van der Waals surface area contributed by atoms with Crippen molar-refractivity contribution in [2.45, 2.75) is 38.3 Å². The van der Waals surface area contributed by atoms with Crippen molar-refractivity contribution in [1.82, 2.24) is 10.2 Å². The molecule has 1 aliphatic rings. The standard InChI is InChI=1S/C11H20N2/c1-4-10(2)12-11-6-5-8-13(3)9-7-11/h1,10-12H,5-9H2,2-3H3. The Hall–Kier alpha value is -0.520. The Bertz CT molecular complexity index is 183. The molecule has 0 bridgehead atoms. The number of hydrogen-bond donors (Lipinski definition) is 1. The molecule has 2 unspecified atom stereocenters. The Morgan fingerprint density at radius 3 is 2.92 bits per heavy atom. The van der Waals surface area contributed by atoms with E-state index in [-0.39, 0.29) is 6.04 Å². The largest absolute Gasteiger partial charge is 0.306 e. The molecule has 1 N–H and O–H groups in total. The molecule has 1 fully saturated rings. The second-order valence-corrected chi connectivity index (χ2v) is 3.99. The van der Waals surface area contributed by atoms with E-state index in [0.29, 0.717) is 6.04 Å². The van der Waals surface area contributed by atoms with E-state index in [4.69, 9.17) is 6.42 Å². The van der Waals surface area contributed by atoms with Gasteiger partial charge in [0.05, 0.1) is 6.04 Å². The molecule has 0 radical (unpaired) electrons. The monoisotopic (exact) mass is 180 g/mol. The summed E-state index contributed by atoms with van der Waals surface area (Å²) in [7, 11) is 2.19. The molecule has 0 aromatic heterocycles. The van der Waals surface area contributed by atoms with Crippen LogP contribution in [-0.2, 0) is 0 Å². The molecule has 0 saturated carbocycles. The van der Waals surface area contributed by atoms with E-state index < -0.39 is 0 Å². The van der Waals surface area contributed by atoms with Crippen LogP contribution in [0.4, 0.5) is 0 Å². The van der Waals surface area contributed by atoms with Crippen molar-refractivity contribution in [2.24, 2.45) is 0 Å². The van der Waals surface area contributed by atoms with Crippen LogP contribution in [0.2, 0.25) is 0 Å². The first-order chi connectivity index (χ1) is 6.22. The Labute approximate surface area is 81.7 Å². The number of hydrogen-bond acceptors (Lipinski definition) is 2. The van der Waals surface area contributed by atoms with Gasteiger partial charge in [-0.15, -0.1) is 6.42 Å². The van der Waals surface area contributed by atoms with Crippen molar-refractivity contribution >= 4 is 0 Å². The van der Waals surface area contributed by atoms with Gasteiger partial charge in [-0.05, 0) is 46.3 Å². The highest BCUT2D eigenvalue weighted by molar-refractivity contribution is 4.97. The number of rotatable bonds is 2. The maximum Gasteiger partial charge on any atom is 0.0660 e. The molecule has 1 saturated heterocycles. The summed E-state index contributed by atoms with van der Waals surface area (Å²) in [6, 6.07) is 0.837. The van der Waals surface area contributed by atoms with E-state index in [2.05, 4.69) is 30.1 Å². The SMILES string of the molecule is C#CC(C)NC1CCCN(C)CC1. The maximum absolute atomic E-state index is 5.33. The third-order valence-corrected chi connectivity index (χ3v) is 2.69. The molecule has 0 aliphatic carbocycles. The number of likely N-dealkylation sites (tertiary alicyclic amines) is 1. The van der Waals surface area contributed by atoms with Crippen molar-refractivity contribution in [3.63, 3.8) is 0 Å². The summed E-state index contributed by atoms with van der Waals surface area (Å²) in [5.74, 6) is 2.72. The van der Waals surface area contributed by atoms with Gasteiger partial charge in [0.1, 0.15) is 0 Å². The van der Waals surface area contributed by atoms with E-state index in [1.165, 1.54) is 32.4 Å². The molecule has 0 aromatic rings. The highest BCUT2D eigenvalue weighted by Crippen LogP contribution is 2.09. The zero-order chi connectivity index (χ0) is 9.68. The lowest BCUT2D eigenvalue weighted by atomic mass is 10.1. The molecule has 0 spiro atoms. The Morgan fingerprint density at radius 1 is 1.46 bits per heavy atom. The average Bonchev–Trinajstić information content (AvgIpc) is 2.31. The van der Waals surface area contributed by atoms with Crippen LogP contribution in [0.15, 0.2) is 0 Å². The van der Waals surface area contributed by atoms with Gasteiger partial charge in [0.25, 0.3) is 0 Å². The fraction of sp³-hybridized carbons (Fsp3) is 0.818. The number of nitrogens with one attached hydrogen (secondary N) is 1. The summed E-state index contributed by atoms with van der Waals surface area (Å²) in [6.07, 6.45) is 9.10. The van der Waals surface area contributed by atoms with Gasteiger partial charge in [0.2, 0.25) is 0 Å². The van der Waals surface area contributed by atoms with Gasteiger partial charge in [-0.2, -0.15) is 0 Å². The summed E-state index contributed by atoms with van der Waals surface area (Å²) in [5, 5.41) is 3.47. The maximum atomic E-state index is 5.33. The van der Waals surface area contributed by atoms with Gasteiger partial charge >= 0.3 is 0 Å². The van der Waals surface area contributed by atoms with Gasteiger partial charge in [-0.1, -0.05) is 5.92 Å². The van der Waals surface area contributed by atoms with Crippen LogP contribution >= 0.6 is 0 Å². The van der Waals surface area contributed by atoms with E-state index >= 15 is 0 Å². The first-order valence-corrected chi connectivity index (χ1v) is 5.13. The molecule has 13 heavy (non-hydrogen) atoms. The van der Waals surface area contributed by atoms with Crippen molar-refractivity contribution in [2.75, 3.05) is 20.1 Å².